The van der Waals surface area contributed by atoms with Crippen LogP contribution in [0.3, 0.4) is 0 Å². The minimum Gasteiger partial charge on any atom is -0.490 e. The summed E-state index contributed by atoms with van der Waals surface area (Å²) in [7, 11) is 0. The summed E-state index contributed by atoms with van der Waals surface area (Å²) in [5.41, 5.74) is 8.93. The van der Waals surface area contributed by atoms with E-state index in [1.54, 1.807) is 40.1 Å². The Morgan fingerprint density at radius 3 is 1.76 bits per heavy atom. The third-order valence-corrected chi connectivity index (χ3v) is 10.3. The molecule has 0 aliphatic carbocycles. The number of nitrogens with zero attached hydrogens (tertiary/aromatic N) is 6. The minimum absolute atomic E-state index is 0.651. The molecule has 1 aliphatic rings. The van der Waals surface area contributed by atoms with Crippen molar-refractivity contribution in [1.29, 1.82) is 0 Å². The number of anilines is 5. The van der Waals surface area contributed by atoms with Crippen molar-refractivity contribution in [1.82, 2.24) is 33.7 Å². The number of aromatic nitrogens is 7. The van der Waals surface area contributed by atoms with Crippen molar-refractivity contribution >= 4 is 50.9 Å². The van der Waals surface area contributed by atoms with Crippen molar-refractivity contribution < 1.29 is 14.9 Å². The molecule has 0 spiro atoms. The number of imidazole rings is 2. The first-order valence-electron chi connectivity index (χ1n) is 19.4. The van der Waals surface area contributed by atoms with E-state index in [1.165, 1.54) is 5.39 Å². The molecule has 0 bridgehead atoms. The maximum Gasteiger partial charge on any atom is 0.180 e. The maximum atomic E-state index is 10.2. The van der Waals surface area contributed by atoms with E-state index in [0.29, 0.717) is 18.2 Å². The number of aromatic amines is 1. The summed E-state index contributed by atoms with van der Waals surface area (Å²) < 4.78 is 9.70. The van der Waals surface area contributed by atoms with Crippen molar-refractivity contribution in [2.24, 2.45) is 0 Å². The lowest BCUT2D eigenvalue weighted by Gasteiger charge is -2.20. The monoisotopic (exact) mass is 784 g/mol. The Morgan fingerprint density at radius 2 is 1.20 bits per heavy atom. The molecule has 6 heterocycles. The van der Waals surface area contributed by atoms with Gasteiger partial charge in [-0.3, -0.25) is 0 Å². The van der Waals surface area contributed by atoms with Crippen LogP contribution in [-0.4, -0.2) is 57.1 Å². The average Bonchev–Trinajstić information content (AvgIpc) is 4.02. The van der Waals surface area contributed by atoms with Crippen LogP contribution in [0.25, 0.3) is 44.7 Å². The number of aliphatic hydroxyl groups is 2. The van der Waals surface area contributed by atoms with E-state index in [-0.39, 0.29) is 0 Å². The summed E-state index contributed by atoms with van der Waals surface area (Å²) >= 11 is 0. The molecule has 0 unspecified atom stereocenters. The van der Waals surface area contributed by atoms with Gasteiger partial charge in [0.25, 0.3) is 0 Å². The highest BCUT2D eigenvalue weighted by atomic mass is 16.5. The third-order valence-electron chi connectivity index (χ3n) is 10.3. The van der Waals surface area contributed by atoms with Crippen LogP contribution in [0, 0.1) is 0 Å². The molecule has 9 aromatic rings. The standard InChI is InChI=1S/C23H23N5O2.C23H21N5O/c1-23(2,29)16-4-6-17(7-5-16)26-21-22-25-9-11-28(22)14-19(27-21)15-3-8-18-20(13-15)30-12-10-24-18;1-23(2,29)17-5-7-18(8-6-17)26-21-22-25-11-12-28(22)14-20(27-21)16-4-3-15-9-10-24-19(15)13-16/h3-9,11,13-14,24,29H,10,12H2,1-2H3,(H,26,27);3-14,24,29H,1-2H3,(H,26,27). The van der Waals surface area contributed by atoms with Gasteiger partial charge in [-0.25, -0.2) is 19.9 Å². The molecule has 0 saturated heterocycles. The molecule has 4 aromatic carbocycles. The third kappa shape index (κ3) is 7.89. The van der Waals surface area contributed by atoms with Crippen LogP contribution in [0.2, 0.25) is 0 Å². The Labute approximate surface area is 340 Å². The van der Waals surface area contributed by atoms with Crippen LogP contribution in [0.15, 0.2) is 134 Å². The molecule has 1 aliphatic heterocycles. The number of rotatable bonds is 8. The fourth-order valence-corrected chi connectivity index (χ4v) is 7.01. The highest BCUT2D eigenvalue weighted by Crippen LogP contribution is 2.34. The van der Waals surface area contributed by atoms with E-state index in [1.807, 2.05) is 107 Å². The highest BCUT2D eigenvalue weighted by molar-refractivity contribution is 5.85. The van der Waals surface area contributed by atoms with Crippen LogP contribution >= 0.6 is 0 Å². The van der Waals surface area contributed by atoms with E-state index in [4.69, 9.17) is 14.7 Å². The Balaban J connectivity index is 0.000000152. The molecule has 0 atom stereocenters. The molecular weight excluding hydrogens is 741 g/mol. The van der Waals surface area contributed by atoms with Crippen molar-refractivity contribution in [3.8, 4) is 28.3 Å². The second-order valence-electron chi connectivity index (χ2n) is 15.6. The zero-order valence-electron chi connectivity index (χ0n) is 33.1. The smallest absolute Gasteiger partial charge is 0.180 e. The number of fused-ring (bicyclic) bond motifs is 4. The van der Waals surface area contributed by atoms with E-state index < -0.39 is 11.2 Å². The zero-order valence-corrected chi connectivity index (χ0v) is 33.1. The Morgan fingerprint density at radius 1 is 0.661 bits per heavy atom. The quantitative estimate of drug-likeness (QED) is 0.0877. The van der Waals surface area contributed by atoms with E-state index >= 15 is 0 Å². The molecule has 296 valence electrons. The first kappa shape index (κ1) is 37.4. The van der Waals surface area contributed by atoms with Gasteiger partial charge in [0.15, 0.2) is 22.9 Å². The number of nitrogens with one attached hydrogen (secondary N) is 4. The number of hydrogen-bond donors (Lipinski definition) is 6. The van der Waals surface area contributed by atoms with Crippen LogP contribution in [-0.2, 0) is 11.2 Å². The summed E-state index contributed by atoms with van der Waals surface area (Å²) in [6.07, 6.45) is 13.2. The average molecular weight is 785 g/mol. The van der Waals surface area contributed by atoms with Crippen LogP contribution in [0.5, 0.6) is 5.75 Å². The SMILES string of the molecule is CC(C)(O)c1ccc(Nc2nc(-c3ccc4c(c3)OCCN4)cn3ccnc23)cc1.CC(C)(O)c1ccc(Nc2nc(-c3ccc4cc[nH]c4c3)cn3ccnc23)cc1. The van der Waals surface area contributed by atoms with Crippen molar-refractivity contribution in [2.75, 3.05) is 29.1 Å². The Kier molecular flexibility index (Phi) is 9.46. The van der Waals surface area contributed by atoms with E-state index in [9.17, 15) is 10.2 Å². The molecule has 13 heteroatoms. The normalized spacial score (nSPS) is 12.7. The first-order chi connectivity index (χ1) is 28.4. The topological polar surface area (TPSA) is 162 Å². The van der Waals surface area contributed by atoms with Gasteiger partial charge >= 0.3 is 0 Å². The van der Waals surface area contributed by atoms with E-state index in [0.717, 1.165) is 79.8 Å². The van der Waals surface area contributed by atoms with E-state index in [2.05, 4.69) is 55.2 Å². The fourth-order valence-electron chi connectivity index (χ4n) is 7.01. The van der Waals surface area contributed by atoms with Gasteiger partial charge < -0.3 is 44.7 Å². The predicted octanol–water partition coefficient (Wildman–Crippen LogP) is 9.02. The van der Waals surface area contributed by atoms with Gasteiger partial charge in [0.2, 0.25) is 0 Å². The zero-order chi connectivity index (χ0) is 40.7. The number of H-pyrrole nitrogens is 1. The van der Waals surface area contributed by atoms with Gasteiger partial charge in [0.1, 0.15) is 12.4 Å². The number of hydrogen-bond acceptors (Lipinski definition) is 10. The first-order valence-corrected chi connectivity index (χ1v) is 19.4. The molecule has 6 N–H and O–H groups in total. The number of benzene rings is 4. The van der Waals surface area contributed by atoms with Gasteiger partial charge in [-0.05, 0) is 92.7 Å². The molecule has 0 fully saturated rings. The van der Waals surface area contributed by atoms with Gasteiger partial charge in [0.05, 0.1) is 28.3 Å². The van der Waals surface area contributed by atoms with Gasteiger partial charge in [0, 0.05) is 77.9 Å². The molecule has 0 radical (unpaired) electrons. The maximum absolute atomic E-state index is 10.2. The fraction of sp³-hybridized carbons (Fsp3) is 0.174. The molecule has 0 amide bonds. The lowest BCUT2D eigenvalue weighted by atomic mass is 9.98. The Hall–Kier alpha value is -7.22. The second kappa shape index (κ2) is 14.9. The van der Waals surface area contributed by atoms with Gasteiger partial charge in [-0.15, -0.1) is 0 Å². The van der Waals surface area contributed by atoms with Crippen LogP contribution in [0.4, 0.5) is 28.7 Å². The largest absolute Gasteiger partial charge is 0.490 e. The lowest BCUT2D eigenvalue weighted by Crippen LogP contribution is -2.17. The lowest BCUT2D eigenvalue weighted by molar-refractivity contribution is 0.0780. The summed E-state index contributed by atoms with van der Waals surface area (Å²) in [6, 6.07) is 29.7. The van der Waals surface area contributed by atoms with Crippen molar-refractivity contribution in [3.05, 3.63) is 146 Å². The minimum atomic E-state index is -0.879. The van der Waals surface area contributed by atoms with Crippen molar-refractivity contribution in [3.63, 3.8) is 0 Å². The van der Waals surface area contributed by atoms with Crippen LogP contribution < -0.4 is 20.7 Å². The molecule has 0 saturated carbocycles. The van der Waals surface area contributed by atoms with Gasteiger partial charge in [-0.1, -0.05) is 42.5 Å². The summed E-state index contributed by atoms with van der Waals surface area (Å²) in [4.78, 5) is 21.8. The summed E-state index contributed by atoms with van der Waals surface area (Å²) in [6.45, 7) is 8.55. The van der Waals surface area contributed by atoms with Crippen molar-refractivity contribution in [2.45, 2.75) is 38.9 Å². The highest BCUT2D eigenvalue weighted by Gasteiger charge is 2.18. The molecular formula is C46H44N10O3. The molecule has 5 aromatic heterocycles. The predicted molar refractivity (Wildman–Crippen MR) is 233 cm³/mol. The summed E-state index contributed by atoms with van der Waals surface area (Å²) in [5, 5.41) is 31.6. The second-order valence-corrected chi connectivity index (χ2v) is 15.6. The summed E-state index contributed by atoms with van der Waals surface area (Å²) in [5.74, 6) is 2.17. The Bertz CT molecular complexity index is 2920. The molecule has 59 heavy (non-hydrogen) atoms. The van der Waals surface area contributed by atoms with Crippen LogP contribution in [0.1, 0.15) is 38.8 Å². The number of ether oxygens (including phenoxy) is 1. The molecule has 13 nitrogen and oxygen atoms in total. The van der Waals surface area contributed by atoms with Gasteiger partial charge in [-0.2, -0.15) is 0 Å². The molecule has 10 rings (SSSR count).